The number of aryl methyl sites for hydroxylation is 1. The lowest BCUT2D eigenvalue weighted by Gasteiger charge is -2.23. The molecule has 1 aliphatic rings. The van der Waals surface area contributed by atoms with Crippen LogP contribution < -0.4 is 5.32 Å². The highest BCUT2D eigenvalue weighted by Crippen LogP contribution is 2.30. The van der Waals surface area contributed by atoms with Crippen molar-refractivity contribution >= 4 is 21.6 Å². The minimum atomic E-state index is -0.358. The summed E-state index contributed by atoms with van der Waals surface area (Å²) in [5.41, 5.74) is 1.29. The summed E-state index contributed by atoms with van der Waals surface area (Å²) in [4.78, 5) is 10.4. The Balaban J connectivity index is 1.97. The van der Waals surface area contributed by atoms with Gasteiger partial charge < -0.3 is 5.32 Å². The highest BCUT2D eigenvalue weighted by Gasteiger charge is 2.23. The molecule has 1 aromatic carbocycles. The van der Waals surface area contributed by atoms with E-state index in [-0.39, 0.29) is 10.6 Å². The molecule has 1 aliphatic carbocycles. The van der Waals surface area contributed by atoms with E-state index >= 15 is 0 Å². The fourth-order valence-electron chi connectivity index (χ4n) is 3.14. The number of non-ortho nitro benzene ring substituents is 1. The van der Waals surface area contributed by atoms with E-state index in [1.165, 1.54) is 25.7 Å². The zero-order valence-electron chi connectivity index (χ0n) is 11.8. The fraction of sp³-hybridized carbons (Fsp3) is 0.600. The standard InChI is InChI=1S/C15H21BrN2O2/c1-17-15(12-4-2-3-5-12)9-7-11-6-8-13(18(19)20)10-14(11)16/h6,8,10,12,15,17H,2-5,7,9H2,1H3. The molecule has 1 saturated carbocycles. The molecular formula is C15H21BrN2O2. The summed E-state index contributed by atoms with van der Waals surface area (Å²) in [6.07, 6.45) is 7.38. The lowest BCUT2D eigenvalue weighted by molar-refractivity contribution is -0.384. The summed E-state index contributed by atoms with van der Waals surface area (Å²) in [5, 5.41) is 14.2. The first-order valence-electron chi connectivity index (χ1n) is 7.22. The second-order valence-electron chi connectivity index (χ2n) is 5.51. The predicted molar refractivity (Wildman–Crippen MR) is 83.9 cm³/mol. The number of benzene rings is 1. The van der Waals surface area contributed by atoms with Crippen molar-refractivity contribution < 1.29 is 4.92 Å². The van der Waals surface area contributed by atoms with Gasteiger partial charge in [0.1, 0.15) is 0 Å². The molecule has 0 radical (unpaired) electrons. The average molecular weight is 341 g/mol. The summed E-state index contributed by atoms with van der Waals surface area (Å²) < 4.78 is 0.841. The molecule has 5 heteroatoms. The Hall–Kier alpha value is -0.940. The van der Waals surface area contributed by atoms with Gasteiger partial charge in [0.25, 0.3) is 5.69 Å². The fourth-order valence-corrected chi connectivity index (χ4v) is 3.70. The van der Waals surface area contributed by atoms with Gasteiger partial charge in [0.15, 0.2) is 0 Å². The van der Waals surface area contributed by atoms with Crippen molar-refractivity contribution in [1.82, 2.24) is 5.32 Å². The highest BCUT2D eigenvalue weighted by atomic mass is 79.9. The Morgan fingerprint density at radius 3 is 2.70 bits per heavy atom. The van der Waals surface area contributed by atoms with E-state index in [1.54, 1.807) is 12.1 Å². The zero-order valence-corrected chi connectivity index (χ0v) is 13.4. The van der Waals surface area contributed by atoms with Crippen LogP contribution in [-0.2, 0) is 6.42 Å². The first kappa shape index (κ1) is 15.4. The van der Waals surface area contributed by atoms with Crippen LogP contribution in [0.4, 0.5) is 5.69 Å². The number of nitrogens with zero attached hydrogens (tertiary/aromatic N) is 1. The van der Waals surface area contributed by atoms with Gasteiger partial charge >= 0.3 is 0 Å². The van der Waals surface area contributed by atoms with E-state index in [0.717, 1.165) is 28.8 Å². The monoisotopic (exact) mass is 340 g/mol. The van der Waals surface area contributed by atoms with Gasteiger partial charge in [0.05, 0.1) is 4.92 Å². The van der Waals surface area contributed by atoms with Crippen LogP contribution in [0, 0.1) is 16.0 Å². The lowest BCUT2D eigenvalue weighted by atomic mass is 9.92. The lowest BCUT2D eigenvalue weighted by Crippen LogP contribution is -2.32. The Morgan fingerprint density at radius 1 is 1.45 bits per heavy atom. The summed E-state index contributed by atoms with van der Waals surface area (Å²) in [6.45, 7) is 0. The van der Waals surface area contributed by atoms with Crippen molar-refractivity contribution in [1.29, 1.82) is 0 Å². The Bertz CT molecular complexity index is 473. The third-order valence-corrected chi connectivity index (χ3v) is 5.05. The third kappa shape index (κ3) is 3.79. The van der Waals surface area contributed by atoms with Gasteiger partial charge in [-0.25, -0.2) is 0 Å². The minimum Gasteiger partial charge on any atom is -0.317 e. The van der Waals surface area contributed by atoms with Crippen LogP contribution in [0.15, 0.2) is 22.7 Å². The first-order chi connectivity index (χ1) is 9.61. The van der Waals surface area contributed by atoms with Crippen molar-refractivity contribution in [3.8, 4) is 0 Å². The van der Waals surface area contributed by atoms with Crippen molar-refractivity contribution in [2.75, 3.05) is 7.05 Å². The molecule has 110 valence electrons. The molecule has 0 amide bonds. The van der Waals surface area contributed by atoms with Gasteiger partial charge in [-0.1, -0.05) is 34.8 Å². The van der Waals surface area contributed by atoms with Crippen molar-refractivity contribution in [3.05, 3.63) is 38.3 Å². The molecule has 0 aromatic heterocycles. The molecule has 0 heterocycles. The second-order valence-corrected chi connectivity index (χ2v) is 6.37. The second kappa shape index (κ2) is 7.18. The van der Waals surface area contributed by atoms with Gasteiger partial charge in [0, 0.05) is 22.6 Å². The van der Waals surface area contributed by atoms with Crippen molar-refractivity contribution in [2.24, 2.45) is 5.92 Å². The summed E-state index contributed by atoms with van der Waals surface area (Å²) in [7, 11) is 2.04. The molecule has 1 fully saturated rings. The van der Waals surface area contributed by atoms with Crippen LogP contribution >= 0.6 is 15.9 Å². The topological polar surface area (TPSA) is 55.2 Å². The van der Waals surface area contributed by atoms with Crippen LogP contribution in [0.1, 0.15) is 37.7 Å². The Kier molecular flexibility index (Phi) is 5.54. The zero-order chi connectivity index (χ0) is 14.5. The van der Waals surface area contributed by atoms with Gasteiger partial charge in [-0.2, -0.15) is 0 Å². The minimum absolute atomic E-state index is 0.140. The number of rotatable bonds is 6. The van der Waals surface area contributed by atoms with E-state index < -0.39 is 0 Å². The molecule has 20 heavy (non-hydrogen) atoms. The van der Waals surface area contributed by atoms with E-state index in [0.29, 0.717) is 6.04 Å². The van der Waals surface area contributed by atoms with Gasteiger partial charge in [-0.05, 0) is 44.2 Å². The summed E-state index contributed by atoms with van der Waals surface area (Å²) >= 11 is 3.45. The van der Waals surface area contributed by atoms with E-state index in [2.05, 4.69) is 21.2 Å². The predicted octanol–water partition coefficient (Wildman–Crippen LogP) is 4.07. The molecule has 1 N–H and O–H groups in total. The van der Waals surface area contributed by atoms with E-state index in [1.807, 2.05) is 13.1 Å². The molecule has 0 saturated heterocycles. The molecule has 1 unspecified atom stereocenters. The Labute approximate surface area is 128 Å². The number of nitro groups is 1. The van der Waals surface area contributed by atoms with Crippen molar-refractivity contribution in [2.45, 2.75) is 44.6 Å². The molecule has 1 aromatic rings. The maximum Gasteiger partial charge on any atom is 0.270 e. The van der Waals surface area contributed by atoms with E-state index in [4.69, 9.17) is 0 Å². The van der Waals surface area contributed by atoms with E-state index in [9.17, 15) is 10.1 Å². The molecule has 0 aliphatic heterocycles. The van der Waals surface area contributed by atoms with Crippen LogP contribution in [0.5, 0.6) is 0 Å². The molecule has 4 nitrogen and oxygen atoms in total. The van der Waals surface area contributed by atoms with Gasteiger partial charge in [-0.15, -0.1) is 0 Å². The number of nitrogens with one attached hydrogen (secondary N) is 1. The maximum absolute atomic E-state index is 10.7. The maximum atomic E-state index is 10.7. The van der Waals surface area contributed by atoms with Gasteiger partial charge in [0.2, 0.25) is 0 Å². The number of hydrogen-bond acceptors (Lipinski definition) is 3. The van der Waals surface area contributed by atoms with Gasteiger partial charge in [-0.3, -0.25) is 10.1 Å². The molecular weight excluding hydrogens is 320 g/mol. The SMILES string of the molecule is CNC(CCc1ccc([N+](=O)[O-])cc1Br)C1CCCC1. The first-order valence-corrected chi connectivity index (χ1v) is 8.01. The summed E-state index contributed by atoms with van der Waals surface area (Å²) in [5.74, 6) is 0.789. The third-order valence-electron chi connectivity index (χ3n) is 4.31. The number of halogens is 1. The number of hydrogen-bond donors (Lipinski definition) is 1. The normalized spacial score (nSPS) is 17.3. The smallest absolute Gasteiger partial charge is 0.270 e. The van der Waals surface area contributed by atoms with Crippen LogP contribution in [0.2, 0.25) is 0 Å². The molecule has 0 spiro atoms. The summed E-state index contributed by atoms with van der Waals surface area (Å²) in [6, 6.07) is 5.60. The number of nitro benzene ring substituents is 1. The molecule has 0 bridgehead atoms. The Morgan fingerprint density at radius 2 is 2.15 bits per heavy atom. The average Bonchev–Trinajstić information content (AvgIpc) is 2.95. The van der Waals surface area contributed by atoms with Crippen LogP contribution in [0.25, 0.3) is 0 Å². The van der Waals surface area contributed by atoms with Crippen molar-refractivity contribution in [3.63, 3.8) is 0 Å². The van der Waals surface area contributed by atoms with Crippen LogP contribution in [-0.4, -0.2) is 18.0 Å². The van der Waals surface area contributed by atoms with Crippen LogP contribution in [0.3, 0.4) is 0 Å². The molecule has 1 atom stereocenters. The quantitative estimate of drug-likeness (QED) is 0.627. The largest absolute Gasteiger partial charge is 0.317 e. The highest BCUT2D eigenvalue weighted by molar-refractivity contribution is 9.10. The molecule has 2 rings (SSSR count).